The molecule has 30 heavy (non-hydrogen) atoms. The van der Waals surface area contributed by atoms with E-state index in [0.717, 1.165) is 22.5 Å². The third kappa shape index (κ3) is 4.60. The van der Waals surface area contributed by atoms with E-state index in [4.69, 9.17) is 4.74 Å². The van der Waals surface area contributed by atoms with E-state index in [9.17, 15) is 27.5 Å². The molecule has 160 valence electrons. The lowest BCUT2D eigenvalue weighted by Gasteiger charge is -2.29. The number of benzene rings is 2. The van der Waals surface area contributed by atoms with Crippen LogP contribution in [0.25, 0.3) is 0 Å². The highest BCUT2D eigenvalue weighted by atomic mass is 32.2. The molecule has 0 aromatic heterocycles. The van der Waals surface area contributed by atoms with Crippen LogP contribution in [0.1, 0.15) is 23.2 Å². The number of carboxylic acid groups (broad SMARTS) is 1. The van der Waals surface area contributed by atoms with Crippen molar-refractivity contribution in [2.45, 2.75) is 17.7 Å². The monoisotopic (exact) mass is 436 g/mol. The fourth-order valence-corrected chi connectivity index (χ4v) is 4.77. The number of anilines is 1. The molecule has 0 radical (unpaired) electrons. The van der Waals surface area contributed by atoms with Gasteiger partial charge in [0.1, 0.15) is 11.6 Å². The van der Waals surface area contributed by atoms with Crippen LogP contribution >= 0.6 is 0 Å². The van der Waals surface area contributed by atoms with Gasteiger partial charge in [-0.1, -0.05) is 0 Å². The van der Waals surface area contributed by atoms with E-state index >= 15 is 0 Å². The molecule has 1 fully saturated rings. The third-order valence-corrected chi connectivity index (χ3v) is 6.76. The molecule has 3 rings (SSSR count). The highest BCUT2D eigenvalue weighted by molar-refractivity contribution is 7.89. The van der Waals surface area contributed by atoms with Gasteiger partial charge in [-0.2, -0.15) is 4.31 Å². The van der Waals surface area contributed by atoms with Crippen molar-refractivity contribution < 1.29 is 32.2 Å². The van der Waals surface area contributed by atoms with Gasteiger partial charge in [0, 0.05) is 18.8 Å². The van der Waals surface area contributed by atoms with Gasteiger partial charge in [0.15, 0.2) is 0 Å². The smallest absolute Gasteiger partial charge is 0.307 e. The Morgan fingerprint density at radius 1 is 1.20 bits per heavy atom. The Kier molecular flexibility index (Phi) is 6.37. The molecule has 0 spiro atoms. The molecule has 8 nitrogen and oxygen atoms in total. The van der Waals surface area contributed by atoms with Crippen molar-refractivity contribution in [1.82, 2.24) is 4.31 Å². The molecule has 1 unspecified atom stereocenters. The van der Waals surface area contributed by atoms with Gasteiger partial charge >= 0.3 is 5.97 Å². The van der Waals surface area contributed by atoms with Crippen LogP contribution in [0.15, 0.2) is 47.4 Å². The number of rotatable bonds is 6. The van der Waals surface area contributed by atoms with Gasteiger partial charge in [0.25, 0.3) is 5.91 Å². The number of aliphatic carboxylic acids is 1. The van der Waals surface area contributed by atoms with Gasteiger partial charge in [-0.15, -0.1) is 0 Å². The van der Waals surface area contributed by atoms with Crippen molar-refractivity contribution in [3.05, 3.63) is 53.8 Å². The van der Waals surface area contributed by atoms with Crippen molar-refractivity contribution >= 4 is 27.6 Å². The van der Waals surface area contributed by atoms with Gasteiger partial charge in [-0.05, 0) is 55.3 Å². The second kappa shape index (κ2) is 8.80. The van der Waals surface area contributed by atoms with Crippen LogP contribution < -0.4 is 10.1 Å². The van der Waals surface area contributed by atoms with Gasteiger partial charge in [0.05, 0.1) is 23.5 Å². The molecule has 2 aromatic rings. The average Bonchev–Trinajstić information content (AvgIpc) is 2.74. The zero-order valence-electron chi connectivity index (χ0n) is 16.2. The number of nitrogens with zero attached hydrogens (tertiary/aromatic N) is 1. The molecule has 1 amide bonds. The maximum atomic E-state index is 14.3. The summed E-state index contributed by atoms with van der Waals surface area (Å²) in [5, 5.41) is 11.7. The molecular formula is C20H21FN2O6S. The van der Waals surface area contributed by atoms with Crippen molar-refractivity contribution in [1.29, 1.82) is 0 Å². The number of piperidine rings is 1. The lowest BCUT2D eigenvalue weighted by molar-refractivity contribution is -0.142. The molecule has 1 saturated heterocycles. The molecule has 1 heterocycles. The number of amides is 1. The molecule has 0 bridgehead atoms. The summed E-state index contributed by atoms with van der Waals surface area (Å²) in [4.78, 5) is 23.5. The fraction of sp³-hybridized carbons (Fsp3) is 0.300. The second-order valence-corrected chi connectivity index (χ2v) is 8.80. The molecule has 1 aliphatic rings. The summed E-state index contributed by atoms with van der Waals surface area (Å²) >= 11 is 0. The summed E-state index contributed by atoms with van der Waals surface area (Å²) in [5.74, 6) is -2.97. The SMILES string of the molecule is COc1ccc(NC(=O)c2cc(S(=O)(=O)N3CCCC(C(=O)O)C3)ccc2F)cc1. The molecule has 1 atom stereocenters. The van der Waals surface area contributed by atoms with Crippen LogP contribution in [-0.2, 0) is 14.8 Å². The number of ether oxygens (including phenoxy) is 1. The molecule has 1 aliphatic heterocycles. The third-order valence-electron chi connectivity index (χ3n) is 4.90. The minimum Gasteiger partial charge on any atom is -0.497 e. The summed E-state index contributed by atoms with van der Waals surface area (Å²) in [6.07, 6.45) is 0.794. The van der Waals surface area contributed by atoms with Gasteiger partial charge in [0.2, 0.25) is 10.0 Å². The molecule has 2 aromatic carbocycles. The first-order valence-corrected chi connectivity index (χ1v) is 10.6. The molecule has 2 N–H and O–H groups in total. The van der Waals surface area contributed by atoms with Crippen LogP contribution in [-0.4, -0.2) is 49.9 Å². The summed E-state index contributed by atoms with van der Waals surface area (Å²) in [6, 6.07) is 9.30. The van der Waals surface area contributed by atoms with E-state index in [1.807, 2.05) is 0 Å². The van der Waals surface area contributed by atoms with E-state index < -0.39 is 39.2 Å². The number of hydrogen-bond acceptors (Lipinski definition) is 5. The summed E-state index contributed by atoms with van der Waals surface area (Å²) < 4.78 is 46.2. The van der Waals surface area contributed by atoms with E-state index in [1.165, 1.54) is 7.11 Å². The minimum absolute atomic E-state index is 0.164. The summed E-state index contributed by atoms with van der Waals surface area (Å²) in [6.45, 7) is -0.000705. The normalized spacial score (nSPS) is 17.3. The first-order valence-electron chi connectivity index (χ1n) is 9.20. The van der Waals surface area contributed by atoms with Gasteiger partial charge < -0.3 is 15.2 Å². The molecular weight excluding hydrogens is 415 g/mol. The first-order chi connectivity index (χ1) is 14.2. The number of carboxylic acids is 1. The lowest BCUT2D eigenvalue weighted by Crippen LogP contribution is -2.42. The van der Waals surface area contributed by atoms with Gasteiger partial charge in [-0.3, -0.25) is 9.59 Å². The summed E-state index contributed by atoms with van der Waals surface area (Å²) in [5.41, 5.74) is -0.0486. The van der Waals surface area contributed by atoms with Crippen LogP contribution in [0.5, 0.6) is 5.75 Å². The van der Waals surface area contributed by atoms with Crippen LogP contribution in [0.3, 0.4) is 0 Å². The Morgan fingerprint density at radius 2 is 1.90 bits per heavy atom. The number of nitrogens with one attached hydrogen (secondary N) is 1. The number of halogens is 1. The molecule has 10 heteroatoms. The number of hydrogen-bond donors (Lipinski definition) is 2. The maximum absolute atomic E-state index is 14.3. The Bertz CT molecular complexity index is 1060. The highest BCUT2D eigenvalue weighted by Crippen LogP contribution is 2.26. The predicted octanol–water partition coefficient (Wildman–Crippen LogP) is 2.57. The zero-order valence-corrected chi connectivity index (χ0v) is 17.0. The highest BCUT2D eigenvalue weighted by Gasteiger charge is 2.33. The van der Waals surface area contributed by atoms with Crippen molar-refractivity contribution in [2.24, 2.45) is 5.92 Å². The van der Waals surface area contributed by atoms with E-state index in [1.54, 1.807) is 24.3 Å². The summed E-state index contributed by atoms with van der Waals surface area (Å²) in [7, 11) is -2.58. The number of sulfonamides is 1. The largest absolute Gasteiger partial charge is 0.497 e. The Balaban J connectivity index is 1.84. The van der Waals surface area contributed by atoms with Gasteiger partial charge in [-0.25, -0.2) is 12.8 Å². The van der Waals surface area contributed by atoms with E-state index in [-0.39, 0.29) is 18.0 Å². The van der Waals surface area contributed by atoms with Crippen molar-refractivity contribution in [3.63, 3.8) is 0 Å². The van der Waals surface area contributed by atoms with Crippen LogP contribution in [0.4, 0.5) is 10.1 Å². The number of carbonyl (C=O) groups is 2. The average molecular weight is 436 g/mol. The van der Waals surface area contributed by atoms with Crippen molar-refractivity contribution in [2.75, 3.05) is 25.5 Å². The molecule has 0 aliphatic carbocycles. The number of carbonyl (C=O) groups excluding carboxylic acids is 1. The van der Waals surface area contributed by atoms with Crippen LogP contribution in [0, 0.1) is 11.7 Å². The zero-order chi connectivity index (χ0) is 21.9. The topological polar surface area (TPSA) is 113 Å². The van der Waals surface area contributed by atoms with Crippen LogP contribution in [0.2, 0.25) is 0 Å². The Labute approximate surface area is 173 Å². The maximum Gasteiger partial charge on any atom is 0.307 e. The van der Waals surface area contributed by atoms with Crippen molar-refractivity contribution in [3.8, 4) is 5.75 Å². The fourth-order valence-electron chi connectivity index (χ4n) is 3.22. The quantitative estimate of drug-likeness (QED) is 0.720. The lowest BCUT2D eigenvalue weighted by atomic mass is 10.0. The standard InChI is InChI=1S/C20H21FN2O6S/c1-29-15-6-4-14(5-7-15)22-19(24)17-11-16(8-9-18(17)21)30(27,28)23-10-2-3-13(12-23)20(25)26/h4-9,11,13H,2-3,10,12H2,1H3,(H,22,24)(H,25,26). The predicted molar refractivity (Wildman–Crippen MR) is 106 cm³/mol. The van der Waals surface area contributed by atoms with E-state index in [2.05, 4.69) is 5.32 Å². The molecule has 0 saturated carbocycles. The Morgan fingerprint density at radius 3 is 2.53 bits per heavy atom. The minimum atomic E-state index is -4.08. The first kappa shape index (κ1) is 21.7. The number of methoxy groups -OCH3 is 1. The second-order valence-electron chi connectivity index (χ2n) is 6.86. The van der Waals surface area contributed by atoms with E-state index in [0.29, 0.717) is 24.3 Å². The Hall–Kier alpha value is -2.98.